The topological polar surface area (TPSA) is 69.2 Å². The lowest BCUT2D eigenvalue weighted by Gasteiger charge is -2.30. The van der Waals surface area contributed by atoms with Gasteiger partial charge in [0.1, 0.15) is 0 Å². The second-order valence-electron chi connectivity index (χ2n) is 6.46. The van der Waals surface area contributed by atoms with Crippen LogP contribution in [0.5, 0.6) is 0 Å². The van der Waals surface area contributed by atoms with Crippen molar-refractivity contribution in [2.75, 3.05) is 54.4 Å². The number of hydrogen-bond donors (Lipinski definition) is 2. The number of hydrogen-bond acceptors (Lipinski definition) is 4. The van der Waals surface area contributed by atoms with Gasteiger partial charge in [0.05, 0.1) is 12.7 Å². The molecule has 0 bridgehead atoms. The second-order valence-corrected chi connectivity index (χ2v) is 6.46. The quantitative estimate of drug-likeness (QED) is 0.595. The highest BCUT2D eigenvalue weighted by Crippen LogP contribution is 2.06. The molecule has 0 aromatic heterocycles. The van der Waals surface area contributed by atoms with Gasteiger partial charge in [-0.2, -0.15) is 0 Å². The van der Waals surface area contributed by atoms with Crippen LogP contribution in [-0.2, 0) is 11.3 Å². The van der Waals surface area contributed by atoms with Crippen molar-refractivity contribution >= 4 is 11.9 Å². The molecule has 0 spiro atoms. The fourth-order valence-electron chi connectivity index (χ4n) is 2.63. The van der Waals surface area contributed by atoms with E-state index in [1.165, 1.54) is 0 Å². The smallest absolute Gasteiger partial charge is 0.253 e. The van der Waals surface area contributed by atoms with E-state index in [2.05, 4.69) is 27.6 Å². The number of amides is 1. The van der Waals surface area contributed by atoms with Gasteiger partial charge in [-0.05, 0) is 24.7 Å². The molecule has 0 saturated carbocycles. The zero-order chi connectivity index (χ0) is 18.2. The molecule has 1 aromatic rings. The summed E-state index contributed by atoms with van der Waals surface area (Å²) in [6.45, 7) is 4.04. The largest absolute Gasteiger partial charge is 0.374 e. The first-order valence-electron chi connectivity index (χ1n) is 8.55. The molecule has 1 fully saturated rings. The molecule has 1 heterocycles. The van der Waals surface area contributed by atoms with E-state index in [9.17, 15) is 4.79 Å². The van der Waals surface area contributed by atoms with Crippen LogP contribution in [0, 0.1) is 0 Å². The normalized spacial score (nSPS) is 18.7. The average Bonchev–Trinajstić information content (AvgIpc) is 2.61. The van der Waals surface area contributed by atoms with E-state index in [4.69, 9.17) is 4.74 Å². The van der Waals surface area contributed by atoms with Crippen LogP contribution in [0.2, 0.25) is 0 Å². The summed E-state index contributed by atoms with van der Waals surface area (Å²) in [6.07, 6.45) is 0.175. The van der Waals surface area contributed by atoms with Crippen molar-refractivity contribution in [1.82, 2.24) is 20.4 Å². The maximum atomic E-state index is 11.9. The van der Waals surface area contributed by atoms with Crippen LogP contribution in [-0.4, -0.2) is 82.2 Å². The van der Waals surface area contributed by atoms with Crippen molar-refractivity contribution < 1.29 is 9.53 Å². The third-order valence-corrected chi connectivity index (χ3v) is 4.13. The van der Waals surface area contributed by atoms with E-state index < -0.39 is 0 Å². The third kappa shape index (κ3) is 6.03. The van der Waals surface area contributed by atoms with E-state index in [-0.39, 0.29) is 12.0 Å². The van der Waals surface area contributed by atoms with Gasteiger partial charge in [-0.3, -0.25) is 9.79 Å². The molecule has 1 aliphatic rings. The molecule has 1 amide bonds. The molecule has 1 aromatic carbocycles. The highest BCUT2D eigenvalue weighted by molar-refractivity contribution is 5.93. The number of nitrogens with zero attached hydrogens (tertiary/aromatic N) is 3. The Morgan fingerprint density at radius 1 is 1.32 bits per heavy atom. The van der Waals surface area contributed by atoms with E-state index in [0.717, 1.165) is 37.8 Å². The predicted octanol–water partition coefficient (Wildman–Crippen LogP) is 0.384. The summed E-state index contributed by atoms with van der Waals surface area (Å²) in [4.78, 5) is 20.0. The molecule has 2 N–H and O–H groups in total. The minimum Gasteiger partial charge on any atom is -0.374 e. The Bertz CT molecular complexity index is 586. The van der Waals surface area contributed by atoms with Gasteiger partial charge in [0.15, 0.2) is 5.96 Å². The Morgan fingerprint density at radius 2 is 2.04 bits per heavy atom. The van der Waals surface area contributed by atoms with Crippen LogP contribution in [0.4, 0.5) is 0 Å². The van der Waals surface area contributed by atoms with Crippen LogP contribution in [0.3, 0.4) is 0 Å². The number of guanidine groups is 1. The third-order valence-electron chi connectivity index (χ3n) is 4.13. The van der Waals surface area contributed by atoms with Gasteiger partial charge in [-0.25, -0.2) is 0 Å². The molecule has 1 saturated heterocycles. The molecule has 2 rings (SSSR count). The summed E-state index contributed by atoms with van der Waals surface area (Å²) in [5.74, 6) is 0.750. The number of morpholine rings is 1. The molecular formula is C18H29N5O2. The Morgan fingerprint density at radius 3 is 2.64 bits per heavy atom. The number of carbonyl (C=O) groups excluding carboxylic acids is 1. The Labute approximate surface area is 150 Å². The summed E-state index contributed by atoms with van der Waals surface area (Å²) in [5, 5.41) is 6.58. The van der Waals surface area contributed by atoms with Gasteiger partial charge >= 0.3 is 0 Å². The highest BCUT2D eigenvalue weighted by atomic mass is 16.5. The molecule has 7 nitrogen and oxygen atoms in total. The van der Waals surface area contributed by atoms with E-state index >= 15 is 0 Å². The van der Waals surface area contributed by atoms with Crippen LogP contribution in [0.15, 0.2) is 29.3 Å². The number of benzene rings is 1. The summed E-state index contributed by atoms with van der Waals surface area (Å²) in [7, 11) is 7.36. The second kappa shape index (κ2) is 9.39. The van der Waals surface area contributed by atoms with E-state index in [0.29, 0.717) is 12.1 Å². The van der Waals surface area contributed by atoms with Gasteiger partial charge in [0.2, 0.25) is 0 Å². The Balaban J connectivity index is 1.79. The van der Waals surface area contributed by atoms with E-state index in [1.54, 1.807) is 26.0 Å². The standard InChI is InChI=1S/C18H29N5O2/c1-19-18(21-12-16-13-23(4)9-10-25-16)20-11-14-5-7-15(8-6-14)17(24)22(2)3/h5-8,16H,9-13H2,1-4H3,(H2,19,20,21). The summed E-state index contributed by atoms with van der Waals surface area (Å²) >= 11 is 0. The maximum Gasteiger partial charge on any atom is 0.253 e. The van der Waals surface area contributed by atoms with Crippen LogP contribution < -0.4 is 10.6 Å². The molecule has 0 aliphatic carbocycles. The van der Waals surface area contributed by atoms with Crippen molar-refractivity contribution in [1.29, 1.82) is 0 Å². The Hall–Kier alpha value is -2.12. The minimum absolute atomic E-state index is 0.00874. The molecule has 138 valence electrons. The van der Waals surface area contributed by atoms with Crippen LogP contribution >= 0.6 is 0 Å². The molecule has 7 heteroatoms. The number of likely N-dealkylation sites (N-methyl/N-ethyl adjacent to an activating group) is 1. The van der Waals surface area contributed by atoms with Crippen LogP contribution in [0.1, 0.15) is 15.9 Å². The van der Waals surface area contributed by atoms with Crippen molar-refractivity contribution in [2.45, 2.75) is 12.6 Å². The summed E-state index contributed by atoms with van der Waals surface area (Å²) in [6, 6.07) is 7.61. The van der Waals surface area contributed by atoms with Gasteiger partial charge in [-0.1, -0.05) is 12.1 Å². The summed E-state index contributed by atoms with van der Waals surface area (Å²) < 4.78 is 5.74. The number of nitrogens with one attached hydrogen (secondary N) is 2. The van der Waals surface area contributed by atoms with Gasteiger partial charge in [-0.15, -0.1) is 0 Å². The first kappa shape index (κ1) is 19.2. The molecule has 0 radical (unpaired) electrons. The molecule has 1 aliphatic heterocycles. The predicted molar refractivity (Wildman–Crippen MR) is 99.9 cm³/mol. The van der Waals surface area contributed by atoms with Crippen molar-refractivity contribution in [2.24, 2.45) is 4.99 Å². The van der Waals surface area contributed by atoms with Crippen molar-refractivity contribution in [3.63, 3.8) is 0 Å². The summed E-state index contributed by atoms with van der Waals surface area (Å²) in [5.41, 5.74) is 1.78. The Kier molecular flexibility index (Phi) is 7.21. The molecule has 25 heavy (non-hydrogen) atoms. The molecule has 1 atom stereocenters. The first-order chi connectivity index (χ1) is 12.0. The SMILES string of the molecule is CN=C(NCc1ccc(C(=O)N(C)C)cc1)NCC1CN(C)CCO1. The fourth-order valence-corrected chi connectivity index (χ4v) is 2.63. The maximum absolute atomic E-state index is 11.9. The molecule has 1 unspecified atom stereocenters. The zero-order valence-electron chi connectivity index (χ0n) is 15.6. The average molecular weight is 347 g/mol. The van der Waals surface area contributed by atoms with Gasteiger partial charge in [0, 0.05) is 52.9 Å². The van der Waals surface area contributed by atoms with Crippen molar-refractivity contribution in [3.05, 3.63) is 35.4 Å². The highest BCUT2D eigenvalue weighted by Gasteiger charge is 2.17. The number of rotatable bonds is 5. The lowest BCUT2D eigenvalue weighted by Crippen LogP contribution is -2.48. The van der Waals surface area contributed by atoms with Crippen LogP contribution in [0.25, 0.3) is 0 Å². The lowest BCUT2D eigenvalue weighted by atomic mass is 10.1. The lowest BCUT2D eigenvalue weighted by molar-refractivity contribution is -0.0161. The van der Waals surface area contributed by atoms with E-state index in [1.807, 2.05) is 24.3 Å². The van der Waals surface area contributed by atoms with Gasteiger partial charge < -0.3 is 25.2 Å². The zero-order valence-corrected chi connectivity index (χ0v) is 15.6. The molecular weight excluding hydrogens is 318 g/mol. The number of ether oxygens (including phenoxy) is 1. The van der Waals surface area contributed by atoms with Crippen molar-refractivity contribution in [3.8, 4) is 0 Å². The minimum atomic E-state index is 0.00874. The fraction of sp³-hybridized carbons (Fsp3) is 0.556. The first-order valence-corrected chi connectivity index (χ1v) is 8.55. The van der Waals surface area contributed by atoms with Gasteiger partial charge in [0.25, 0.3) is 5.91 Å². The number of aliphatic imine (C=N–C) groups is 1. The monoisotopic (exact) mass is 347 g/mol. The number of carbonyl (C=O) groups is 1.